The average Bonchev–Trinajstić information content (AvgIpc) is 2.96. The molecule has 0 N–H and O–H groups in total. The van der Waals surface area contributed by atoms with Crippen LogP contribution in [0.25, 0.3) is 0 Å². The van der Waals surface area contributed by atoms with Crippen molar-refractivity contribution in [1.29, 1.82) is 0 Å². The quantitative estimate of drug-likeness (QED) is 0.849. The number of thiazole rings is 1. The second-order valence-corrected chi connectivity index (χ2v) is 7.40. The van der Waals surface area contributed by atoms with Gasteiger partial charge in [0.15, 0.2) is 5.13 Å². The molecule has 128 valence electrons. The van der Waals surface area contributed by atoms with E-state index in [1.165, 1.54) is 22.3 Å². The van der Waals surface area contributed by atoms with E-state index in [1.807, 2.05) is 6.92 Å². The molecule has 1 aliphatic heterocycles. The molecule has 2 aromatic rings. The second kappa shape index (κ2) is 7.03. The zero-order chi connectivity index (χ0) is 17.3. The van der Waals surface area contributed by atoms with Crippen LogP contribution in [0, 0.1) is 13.8 Å². The molecular weight excluding hydrogens is 318 g/mol. The van der Waals surface area contributed by atoms with E-state index in [0.29, 0.717) is 6.54 Å². The summed E-state index contributed by atoms with van der Waals surface area (Å²) in [6.45, 7) is 11.5. The second-order valence-electron chi connectivity index (χ2n) is 6.56. The van der Waals surface area contributed by atoms with Gasteiger partial charge in [-0.25, -0.2) is 4.98 Å². The standard InChI is InChI=1S/C19H25N3OS/c1-5-22(15(4)23)19-20-17(12-24-19)10-21-7-6-16-9-13(2)8-14(3)18(16)11-21/h8-9,12H,5-7,10-11H2,1-4H3. The van der Waals surface area contributed by atoms with Crippen LogP contribution in [0.5, 0.6) is 0 Å². The summed E-state index contributed by atoms with van der Waals surface area (Å²) < 4.78 is 0. The predicted molar refractivity (Wildman–Crippen MR) is 99.5 cm³/mol. The van der Waals surface area contributed by atoms with E-state index < -0.39 is 0 Å². The molecule has 0 radical (unpaired) electrons. The molecule has 24 heavy (non-hydrogen) atoms. The molecule has 4 nitrogen and oxygen atoms in total. The van der Waals surface area contributed by atoms with Gasteiger partial charge in [0, 0.05) is 38.5 Å². The van der Waals surface area contributed by atoms with E-state index in [9.17, 15) is 4.79 Å². The summed E-state index contributed by atoms with van der Waals surface area (Å²) in [4.78, 5) is 20.5. The van der Waals surface area contributed by atoms with Crippen molar-refractivity contribution in [3.63, 3.8) is 0 Å². The van der Waals surface area contributed by atoms with Crippen LogP contribution in [0.2, 0.25) is 0 Å². The molecule has 0 unspecified atom stereocenters. The van der Waals surface area contributed by atoms with Crippen LogP contribution in [0.3, 0.4) is 0 Å². The first-order valence-corrected chi connectivity index (χ1v) is 9.39. The lowest BCUT2D eigenvalue weighted by Gasteiger charge is -2.29. The molecule has 1 aliphatic rings. The van der Waals surface area contributed by atoms with Gasteiger partial charge in [-0.15, -0.1) is 11.3 Å². The number of fused-ring (bicyclic) bond motifs is 1. The minimum atomic E-state index is 0.0521. The highest BCUT2D eigenvalue weighted by Crippen LogP contribution is 2.26. The van der Waals surface area contributed by atoms with Crippen molar-refractivity contribution < 1.29 is 4.79 Å². The predicted octanol–water partition coefficient (Wildman–Crippen LogP) is 3.69. The lowest BCUT2D eigenvalue weighted by atomic mass is 9.93. The minimum absolute atomic E-state index is 0.0521. The van der Waals surface area contributed by atoms with Crippen LogP contribution in [-0.2, 0) is 24.3 Å². The lowest BCUT2D eigenvalue weighted by molar-refractivity contribution is -0.116. The molecule has 2 heterocycles. The van der Waals surface area contributed by atoms with Crippen LogP contribution < -0.4 is 4.90 Å². The number of aryl methyl sites for hydroxylation is 2. The summed E-state index contributed by atoms with van der Waals surface area (Å²) in [5.74, 6) is 0.0521. The fraction of sp³-hybridized carbons (Fsp3) is 0.474. The van der Waals surface area contributed by atoms with Crippen molar-refractivity contribution in [3.8, 4) is 0 Å². The molecule has 3 rings (SSSR count). The van der Waals surface area contributed by atoms with E-state index in [-0.39, 0.29) is 5.91 Å². The van der Waals surface area contributed by atoms with Gasteiger partial charge in [0.05, 0.1) is 5.69 Å². The molecule has 1 amide bonds. The molecule has 0 saturated carbocycles. The number of hydrogen-bond acceptors (Lipinski definition) is 4. The largest absolute Gasteiger partial charge is 0.293 e. The Morgan fingerprint density at radius 2 is 2.17 bits per heavy atom. The van der Waals surface area contributed by atoms with Crippen molar-refractivity contribution in [2.45, 2.75) is 47.2 Å². The maximum atomic E-state index is 11.7. The highest BCUT2D eigenvalue weighted by molar-refractivity contribution is 7.14. The highest BCUT2D eigenvalue weighted by Gasteiger charge is 2.20. The molecule has 1 aromatic heterocycles. The summed E-state index contributed by atoms with van der Waals surface area (Å²) in [6.07, 6.45) is 1.10. The summed E-state index contributed by atoms with van der Waals surface area (Å²) >= 11 is 1.56. The van der Waals surface area contributed by atoms with Crippen molar-refractivity contribution in [1.82, 2.24) is 9.88 Å². The molecule has 1 aromatic carbocycles. The monoisotopic (exact) mass is 343 g/mol. The Hall–Kier alpha value is -1.72. The molecule has 0 atom stereocenters. The van der Waals surface area contributed by atoms with Crippen molar-refractivity contribution in [2.24, 2.45) is 0 Å². The van der Waals surface area contributed by atoms with Gasteiger partial charge in [-0.1, -0.05) is 17.7 Å². The summed E-state index contributed by atoms with van der Waals surface area (Å²) in [6, 6.07) is 4.60. The van der Waals surface area contributed by atoms with E-state index in [2.05, 4.69) is 41.2 Å². The molecule has 0 spiro atoms. The minimum Gasteiger partial charge on any atom is -0.293 e. The number of nitrogens with zero attached hydrogens (tertiary/aromatic N) is 3. The Bertz CT molecular complexity index is 753. The third-order valence-electron chi connectivity index (χ3n) is 4.64. The Morgan fingerprint density at radius 3 is 2.88 bits per heavy atom. The van der Waals surface area contributed by atoms with Gasteiger partial charge >= 0.3 is 0 Å². The Kier molecular flexibility index (Phi) is 5.01. The third kappa shape index (κ3) is 3.52. The van der Waals surface area contributed by atoms with Crippen LogP contribution in [0.15, 0.2) is 17.5 Å². The highest BCUT2D eigenvalue weighted by atomic mass is 32.1. The zero-order valence-electron chi connectivity index (χ0n) is 14.9. The Labute approximate surface area is 148 Å². The van der Waals surface area contributed by atoms with Crippen LogP contribution in [0.1, 0.15) is 41.8 Å². The van der Waals surface area contributed by atoms with E-state index >= 15 is 0 Å². The van der Waals surface area contributed by atoms with Gasteiger partial charge in [-0.3, -0.25) is 14.6 Å². The number of amides is 1. The van der Waals surface area contributed by atoms with Gasteiger partial charge in [-0.05, 0) is 43.9 Å². The molecule has 5 heteroatoms. The van der Waals surface area contributed by atoms with E-state index in [4.69, 9.17) is 0 Å². The third-order valence-corrected chi connectivity index (χ3v) is 5.55. The maximum Gasteiger partial charge on any atom is 0.225 e. The van der Waals surface area contributed by atoms with Gasteiger partial charge in [0.25, 0.3) is 0 Å². The summed E-state index contributed by atoms with van der Waals surface area (Å²) in [7, 11) is 0. The fourth-order valence-corrected chi connectivity index (χ4v) is 4.39. The smallest absolute Gasteiger partial charge is 0.225 e. The number of hydrogen-bond donors (Lipinski definition) is 0. The first kappa shape index (κ1) is 17.1. The number of carbonyl (C=O) groups is 1. The zero-order valence-corrected chi connectivity index (χ0v) is 15.7. The van der Waals surface area contributed by atoms with E-state index in [1.54, 1.807) is 23.2 Å². The number of carbonyl (C=O) groups excluding carboxylic acids is 1. The van der Waals surface area contributed by atoms with Gasteiger partial charge < -0.3 is 0 Å². The number of rotatable bonds is 4. The maximum absolute atomic E-state index is 11.7. The van der Waals surface area contributed by atoms with Crippen molar-refractivity contribution >= 4 is 22.4 Å². The van der Waals surface area contributed by atoms with Crippen molar-refractivity contribution in [2.75, 3.05) is 18.0 Å². The van der Waals surface area contributed by atoms with Gasteiger partial charge in [-0.2, -0.15) is 0 Å². The lowest BCUT2D eigenvalue weighted by Crippen LogP contribution is -2.31. The first-order chi connectivity index (χ1) is 11.5. The van der Waals surface area contributed by atoms with Crippen molar-refractivity contribution in [3.05, 3.63) is 45.5 Å². The topological polar surface area (TPSA) is 36.4 Å². The van der Waals surface area contributed by atoms with E-state index in [0.717, 1.165) is 36.9 Å². The van der Waals surface area contributed by atoms with Crippen LogP contribution >= 0.6 is 11.3 Å². The average molecular weight is 343 g/mol. The Balaban J connectivity index is 1.72. The van der Waals surface area contributed by atoms with Gasteiger partial charge in [0.2, 0.25) is 5.91 Å². The SMILES string of the molecule is CCN(C(C)=O)c1nc(CN2CCc3cc(C)cc(C)c3C2)cs1. The molecular formula is C19H25N3OS. The molecule has 0 bridgehead atoms. The first-order valence-electron chi connectivity index (χ1n) is 8.51. The fourth-order valence-electron chi connectivity index (χ4n) is 3.47. The van der Waals surface area contributed by atoms with Crippen LogP contribution in [0.4, 0.5) is 5.13 Å². The molecule has 0 aliphatic carbocycles. The number of anilines is 1. The normalized spacial score (nSPS) is 14.5. The Morgan fingerprint density at radius 1 is 1.38 bits per heavy atom. The number of aromatic nitrogens is 1. The molecule has 0 saturated heterocycles. The summed E-state index contributed by atoms with van der Waals surface area (Å²) in [5.41, 5.74) is 6.77. The van der Waals surface area contributed by atoms with Gasteiger partial charge in [0.1, 0.15) is 0 Å². The van der Waals surface area contributed by atoms with Crippen LogP contribution in [-0.4, -0.2) is 28.9 Å². The number of benzene rings is 1. The molecule has 0 fully saturated rings. The summed E-state index contributed by atoms with van der Waals surface area (Å²) in [5, 5.41) is 2.89.